The molecule has 24 heavy (non-hydrogen) atoms. The summed E-state index contributed by atoms with van der Waals surface area (Å²) in [5, 5.41) is 17.1. The maximum absolute atomic E-state index is 12.2. The number of carbonyl (C=O) groups is 1. The molecule has 0 saturated heterocycles. The number of nitrogens with zero attached hydrogens (tertiary/aromatic N) is 3. The molecule has 1 heterocycles. The molecular weight excluding hydrogens is 304 g/mol. The van der Waals surface area contributed by atoms with Gasteiger partial charge in [-0.05, 0) is 30.2 Å². The van der Waals surface area contributed by atoms with Crippen LogP contribution in [0.15, 0.2) is 60.9 Å². The highest BCUT2D eigenvalue weighted by molar-refractivity contribution is 6.01. The number of benzene rings is 2. The van der Waals surface area contributed by atoms with Gasteiger partial charge in [0.25, 0.3) is 5.91 Å². The number of hydrogen-bond acceptors (Lipinski definition) is 4. The highest BCUT2D eigenvalue weighted by atomic mass is 16.3. The minimum atomic E-state index is -0.708. The Morgan fingerprint density at radius 1 is 1.21 bits per heavy atom. The van der Waals surface area contributed by atoms with Gasteiger partial charge in [0.2, 0.25) is 5.82 Å². The molecule has 0 unspecified atom stereocenters. The molecular formula is C18H18N4O2. The Labute approximate surface area is 139 Å². The largest absolute Gasteiger partial charge is 0.386 e. The van der Waals surface area contributed by atoms with E-state index in [2.05, 4.69) is 15.4 Å². The third-order valence-corrected chi connectivity index (χ3v) is 3.56. The fraction of sp³-hybridized carbons (Fsp3) is 0.167. The number of rotatable bonds is 5. The summed E-state index contributed by atoms with van der Waals surface area (Å²) in [6.45, 7) is 2.18. The van der Waals surface area contributed by atoms with Gasteiger partial charge in [-0.15, -0.1) is 5.10 Å². The van der Waals surface area contributed by atoms with Gasteiger partial charge in [-0.25, -0.2) is 9.67 Å². The lowest BCUT2D eigenvalue weighted by Crippen LogP contribution is -2.15. The molecule has 0 saturated carbocycles. The van der Waals surface area contributed by atoms with E-state index >= 15 is 0 Å². The molecule has 1 atom stereocenters. The minimum absolute atomic E-state index is 0.0665. The maximum Gasteiger partial charge on any atom is 0.295 e. The number of aromatic nitrogens is 3. The average molecular weight is 322 g/mol. The summed E-state index contributed by atoms with van der Waals surface area (Å²) < 4.78 is 1.46. The third kappa shape index (κ3) is 3.85. The Bertz CT molecular complexity index is 830. The van der Waals surface area contributed by atoms with E-state index in [4.69, 9.17) is 0 Å². The van der Waals surface area contributed by atoms with E-state index in [0.29, 0.717) is 5.69 Å². The summed E-state index contributed by atoms with van der Waals surface area (Å²) in [4.78, 5) is 16.2. The predicted octanol–water partition coefficient (Wildman–Crippen LogP) is 2.57. The first-order chi connectivity index (χ1) is 11.6. The molecule has 0 radical (unpaired) electrons. The second-order valence-corrected chi connectivity index (χ2v) is 5.54. The molecule has 0 bridgehead atoms. The molecule has 0 aliphatic carbocycles. The normalized spacial score (nSPS) is 11.9. The zero-order valence-electron chi connectivity index (χ0n) is 13.3. The van der Waals surface area contributed by atoms with E-state index in [-0.39, 0.29) is 18.3 Å². The van der Waals surface area contributed by atoms with Crippen molar-refractivity contribution >= 4 is 11.6 Å². The summed E-state index contributed by atoms with van der Waals surface area (Å²) in [5.74, 6) is -0.315. The molecule has 3 rings (SSSR count). The van der Waals surface area contributed by atoms with Gasteiger partial charge in [0.15, 0.2) is 0 Å². The van der Waals surface area contributed by atoms with Crippen molar-refractivity contribution in [1.29, 1.82) is 0 Å². The first-order valence-corrected chi connectivity index (χ1v) is 7.62. The highest BCUT2D eigenvalue weighted by Gasteiger charge is 2.14. The van der Waals surface area contributed by atoms with Gasteiger partial charge in [0.05, 0.1) is 12.6 Å². The molecule has 0 spiro atoms. The molecule has 6 nitrogen and oxygen atoms in total. The van der Waals surface area contributed by atoms with Crippen LogP contribution in [0.1, 0.15) is 27.8 Å². The Hall–Kier alpha value is -2.99. The Morgan fingerprint density at radius 3 is 2.75 bits per heavy atom. The van der Waals surface area contributed by atoms with Crippen LogP contribution in [0.3, 0.4) is 0 Å². The molecule has 0 aliphatic heterocycles. The average Bonchev–Trinajstić information content (AvgIpc) is 3.04. The van der Waals surface area contributed by atoms with Crippen molar-refractivity contribution in [3.05, 3.63) is 77.9 Å². The molecule has 1 aromatic heterocycles. The van der Waals surface area contributed by atoms with Crippen LogP contribution in [-0.2, 0) is 6.54 Å². The van der Waals surface area contributed by atoms with E-state index < -0.39 is 6.10 Å². The van der Waals surface area contributed by atoms with Gasteiger partial charge < -0.3 is 10.4 Å². The van der Waals surface area contributed by atoms with Gasteiger partial charge >= 0.3 is 0 Å². The summed E-state index contributed by atoms with van der Waals surface area (Å²) in [5.41, 5.74) is 2.54. The number of aliphatic hydroxyl groups excluding tert-OH is 1. The van der Waals surface area contributed by atoms with Gasteiger partial charge in [0.1, 0.15) is 6.33 Å². The van der Waals surface area contributed by atoms with Crippen LogP contribution in [-0.4, -0.2) is 25.8 Å². The van der Waals surface area contributed by atoms with Crippen molar-refractivity contribution in [2.24, 2.45) is 0 Å². The van der Waals surface area contributed by atoms with Crippen molar-refractivity contribution in [2.75, 3.05) is 5.32 Å². The summed E-state index contributed by atoms with van der Waals surface area (Å²) in [6, 6.07) is 16.8. The van der Waals surface area contributed by atoms with Crippen molar-refractivity contribution in [3.63, 3.8) is 0 Å². The van der Waals surface area contributed by atoms with Crippen LogP contribution in [0.2, 0.25) is 0 Å². The number of anilines is 1. The monoisotopic (exact) mass is 322 g/mol. The van der Waals surface area contributed by atoms with Crippen LogP contribution in [0.5, 0.6) is 0 Å². The second-order valence-electron chi connectivity index (χ2n) is 5.54. The lowest BCUT2D eigenvalue weighted by Gasteiger charge is -2.10. The molecule has 1 amide bonds. The van der Waals surface area contributed by atoms with Crippen molar-refractivity contribution < 1.29 is 9.90 Å². The van der Waals surface area contributed by atoms with Gasteiger partial charge in [-0.1, -0.05) is 42.5 Å². The van der Waals surface area contributed by atoms with Gasteiger partial charge in [0, 0.05) is 5.69 Å². The molecule has 6 heteroatoms. The predicted molar refractivity (Wildman–Crippen MR) is 90.6 cm³/mol. The number of aryl methyl sites for hydroxylation is 1. The number of carbonyl (C=O) groups excluding carboxylic acids is 1. The maximum atomic E-state index is 12.2. The summed E-state index contributed by atoms with van der Waals surface area (Å²) >= 11 is 0. The Kier molecular flexibility index (Phi) is 4.67. The number of nitrogens with one attached hydrogen (secondary N) is 1. The standard InChI is InChI=1S/C18H18N4O2/c1-13-6-5-9-15(10-13)20-18(24)17-19-12-22(21-17)11-16(23)14-7-3-2-4-8-14/h2-10,12,16,23H,11H2,1H3,(H,20,24)/t16-/m0/s1. The molecule has 2 aromatic carbocycles. The second kappa shape index (κ2) is 7.06. The lowest BCUT2D eigenvalue weighted by atomic mass is 10.1. The molecule has 0 aliphatic rings. The molecule has 3 aromatic rings. The SMILES string of the molecule is Cc1cccc(NC(=O)c2ncn(C[C@H](O)c3ccccc3)n2)c1. The third-order valence-electron chi connectivity index (χ3n) is 3.56. The number of aliphatic hydroxyl groups is 1. The van der Waals surface area contributed by atoms with Gasteiger partial charge in [-0.3, -0.25) is 4.79 Å². The summed E-state index contributed by atoms with van der Waals surface area (Å²) in [6.07, 6.45) is 0.734. The van der Waals surface area contributed by atoms with E-state index in [0.717, 1.165) is 11.1 Å². The van der Waals surface area contributed by atoms with Crippen LogP contribution < -0.4 is 5.32 Å². The fourth-order valence-electron chi connectivity index (χ4n) is 2.35. The Morgan fingerprint density at radius 2 is 2.00 bits per heavy atom. The van der Waals surface area contributed by atoms with Crippen LogP contribution in [0, 0.1) is 6.92 Å². The van der Waals surface area contributed by atoms with E-state index in [9.17, 15) is 9.90 Å². The number of hydrogen-bond donors (Lipinski definition) is 2. The quantitative estimate of drug-likeness (QED) is 0.756. The van der Waals surface area contributed by atoms with Crippen molar-refractivity contribution in [3.8, 4) is 0 Å². The number of amides is 1. The van der Waals surface area contributed by atoms with E-state index in [1.54, 1.807) is 6.07 Å². The zero-order valence-corrected chi connectivity index (χ0v) is 13.3. The fourth-order valence-corrected chi connectivity index (χ4v) is 2.35. The van der Waals surface area contributed by atoms with Crippen LogP contribution in [0.25, 0.3) is 0 Å². The summed E-state index contributed by atoms with van der Waals surface area (Å²) in [7, 11) is 0. The van der Waals surface area contributed by atoms with E-state index in [1.807, 2.05) is 55.5 Å². The smallest absolute Gasteiger partial charge is 0.295 e. The molecule has 122 valence electrons. The van der Waals surface area contributed by atoms with Gasteiger partial charge in [-0.2, -0.15) is 0 Å². The molecule has 2 N–H and O–H groups in total. The van der Waals surface area contributed by atoms with Crippen LogP contribution >= 0.6 is 0 Å². The van der Waals surface area contributed by atoms with Crippen molar-refractivity contribution in [2.45, 2.75) is 19.6 Å². The minimum Gasteiger partial charge on any atom is -0.386 e. The first-order valence-electron chi connectivity index (χ1n) is 7.62. The van der Waals surface area contributed by atoms with Crippen molar-refractivity contribution in [1.82, 2.24) is 14.8 Å². The van der Waals surface area contributed by atoms with E-state index in [1.165, 1.54) is 11.0 Å². The molecule has 0 fully saturated rings. The highest BCUT2D eigenvalue weighted by Crippen LogP contribution is 2.14. The lowest BCUT2D eigenvalue weighted by molar-refractivity contribution is 0.101. The topological polar surface area (TPSA) is 80.0 Å². The Balaban J connectivity index is 1.65. The zero-order chi connectivity index (χ0) is 16.9. The first kappa shape index (κ1) is 15.9. The van der Waals surface area contributed by atoms with Crippen LogP contribution in [0.4, 0.5) is 5.69 Å².